The third kappa shape index (κ3) is 4.10. The summed E-state index contributed by atoms with van der Waals surface area (Å²) in [5, 5.41) is 2.67. The summed E-state index contributed by atoms with van der Waals surface area (Å²) < 4.78 is 5.19. The maximum absolute atomic E-state index is 12.0. The van der Waals surface area contributed by atoms with Crippen molar-refractivity contribution in [2.75, 3.05) is 16.8 Å². The van der Waals surface area contributed by atoms with Crippen molar-refractivity contribution < 1.29 is 14.3 Å². The van der Waals surface area contributed by atoms with E-state index >= 15 is 0 Å². The molecule has 1 aromatic rings. The Bertz CT molecular complexity index is 573. The highest BCUT2D eigenvalue weighted by Gasteiger charge is 2.28. The molecule has 2 rings (SSSR count). The standard InChI is InChI=1S/C17H22N2O3/c1-5-12-10-15(20)19(11-12)14-8-6-13(7-9-14)18-16(21)22-17(2,3)4/h5-9,12H,1,10-11H2,2-4H3,(H,18,21). The Morgan fingerprint density at radius 2 is 2.00 bits per heavy atom. The molecule has 0 spiro atoms. The fraction of sp³-hybridized carbons (Fsp3) is 0.412. The Labute approximate surface area is 130 Å². The van der Waals surface area contributed by atoms with Crippen LogP contribution in [-0.2, 0) is 9.53 Å². The number of rotatable bonds is 3. The average Bonchev–Trinajstić information content (AvgIpc) is 2.79. The van der Waals surface area contributed by atoms with Crippen molar-refractivity contribution in [2.24, 2.45) is 5.92 Å². The molecule has 0 saturated carbocycles. The highest BCUT2D eigenvalue weighted by molar-refractivity contribution is 5.96. The predicted octanol–water partition coefficient (Wildman–Crippen LogP) is 3.57. The summed E-state index contributed by atoms with van der Waals surface area (Å²) in [7, 11) is 0. The van der Waals surface area contributed by atoms with Gasteiger partial charge in [-0.2, -0.15) is 0 Å². The third-order valence-corrected chi connectivity index (χ3v) is 3.31. The van der Waals surface area contributed by atoms with Crippen molar-refractivity contribution in [1.82, 2.24) is 0 Å². The molecular weight excluding hydrogens is 280 g/mol. The van der Waals surface area contributed by atoms with E-state index in [1.54, 1.807) is 17.0 Å². The molecule has 1 atom stereocenters. The second kappa shape index (κ2) is 6.22. The van der Waals surface area contributed by atoms with Crippen LogP contribution < -0.4 is 10.2 Å². The van der Waals surface area contributed by atoms with E-state index in [4.69, 9.17) is 4.74 Å². The molecule has 0 aromatic heterocycles. The fourth-order valence-electron chi connectivity index (χ4n) is 2.29. The molecule has 1 saturated heterocycles. The number of amides is 2. The van der Waals surface area contributed by atoms with Crippen LogP contribution in [0.5, 0.6) is 0 Å². The van der Waals surface area contributed by atoms with Crippen LogP contribution in [-0.4, -0.2) is 24.1 Å². The Morgan fingerprint density at radius 3 is 2.50 bits per heavy atom. The minimum Gasteiger partial charge on any atom is -0.444 e. The number of hydrogen-bond donors (Lipinski definition) is 1. The van der Waals surface area contributed by atoms with Gasteiger partial charge in [-0.1, -0.05) is 6.08 Å². The van der Waals surface area contributed by atoms with Crippen LogP contribution in [0.15, 0.2) is 36.9 Å². The molecular formula is C17H22N2O3. The molecule has 5 nitrogen and oxygen atoms in total. The number of hydrogen-bond acceptors (Lipinski definition) is 3. The zero-order valence-corrected chi connectivity index (χ0v) is 13.3. The number of anilines is 2. The number of nitrogens with one attached hydrogen (secondary N) is 1. The van der Waals surface area contributed by atoms with Crippen LogP contribution >= 0.6 is 0 Å². The summed E-state index contributed by atoms with van der Waals surface area (Å²) in [4.78, 5) is 25.4. The SMILES string of the molecule is C=CC1CC(=O)N(c2ccc(NC(=O)OC(C)(C)C)cc2)C1. The first-order valence-corrected chi connectivity index (χ1v) is 7.31. The minimum atomic E-state index is -0.536. The first-order chi connectivity index (χ1) is 10.3. The van der Waals surface area contributed by atoms with Crippen molar-refractivity contribution in [3.63, 3.8) is 0 Å². The molecule has 0 radical (unpaired) electrons. The first-order valence-electron chi connectivity index (χ1n) is 7.31. The van der Waals surface area contributed by atoms with Gasteiger partial charge in [0.25, 0.3) is 0 Å². The van der Waals surface area contributed by atoms with E-state index < -0.39 is 11.7 Å². The predicted molar refractivity (Wildman–Crippen MR) is 87.0 cm³/mol. The van der Waals surface area contributed by atoms with Crippen LogP contribution in [0.1, 0.15) is 27.2 Å². The van der Waals surface area contributed by atoms with Crippen LogP contribution in [0.25, 0.3) is 0 Å². The van der Waals surface area contributed by atoms with Gasteiger partial charge in [0.2, 0.25) is 5.91 Å². The van der Waals surface area contributed by atoms with Gasteiger partial charge in [-0.3, -0.25) is 10.1 Å². The fourth-order valence-corrected chi connectivity index (χ4v) is 2.29. The first kappa shape index (κ1) is 16.1. The Morgan fingerprint density at radius 1 is 1.36 bits per heavy atom. The van der Waals surface area contributed by atoms with Gasteiger partial charge in [0, 0.05) is 30.3 Å². The van der Waals surface area contributed by atoms with E-state index in [0.717, 1.165) is 5.69 Å². The monoisotopic (exact) mass is 302 g/mol. The summed E-state index contributed by atoms with van der Waals surface area (Å²) in [5.41, 5.74) is 0.917. The molecule has 0 aliphatic carbocycles. The van der Waals surface area contributed by atoms with Crippen molar-refractivity contribution in [1.29, 1.82) is 0 Å². The van der Waals surface area contributed by atoms with Gasteiger partial charge in [0.05, 0.1) is 0 Å². The molecule has 2 amide bonds. The highest BCUT2D eigenvalue weighted by atomic mass is 16.6. The maximum Gasteiger partial charge on any atom is 0.412 e. The lowest BCUT2D eigenvalue weighted by atomic mass is 10.1. The molecule has 1 unspecified atom stereocenters. The summed E-state index contributed by atoms with van der Waals surface area (Å²) in [5.74, 6) is 0.296. The zero-order chi connectivity index (χ0) is 16.3. The van der Waals surface area contributed by atoms with Crippen molar-refractivity contribution in [3.05, 3.63) is 36.9 Å². The second-order valence-corrected chi connectivity index (χ2v) is 6.38. The Balaban J connectivity index is 2.00. The molecule has 1 heterocycles. The quantitative estimate of drug-likeness (QED) is 0.868. The smallest absolute Gasteiger partial charge is 0.412 e. The minimum absolute atomic E-state index is 0.0951. The van der Waals surface area contributed by atoms with E-state index in [0.29, 0.717) is 18.7 Å². The zero-order valence-electron chi connectivity index (χ0n) is 13.3. The van der Waals surface area contributed by atoms with Crippen molar-refractivity contribution >= 4 is 23.4 Å². The number of carbonyl (C=O) groups excluding carboxylic acids is 2. The number of carbonyl (C=O) groups is 2. The van der Waals surface area contributed by atoms with Crippen LogP contribution in [0, 0.1) is 5.92 Å². The van der Waals surface area contributed by atoms with Crippen molar-refractivity contribution in [3.8, 4) is 0 Å². The molecule has 0 bridgehead atoms. The molecule has 22 heavy (non-hydrogen) atoms. The van der Waals surface area contributed by atoms with Gasteiger partial charge in [-0.05, 0) is 45.0 Å². The second-order valence-electron chi connectivity index (χ2n) is 6.38. The van der Waals surface area contributed by atoms with Crippen LogP contribution in [0.3, 0.4) is 0 Å². The number of benzene rings is 1. The van der Waals surface area contributed by atoms with E-state index in [-0.39, 0.29) is 11.8 Å². The van der Waals surface area contributed by atoms with E-state index in [2.05, 4.69) is 11.9 Å². The molecule has 1 fully saturated rings. The third-order valence-electron chi connectivity index (χ3n) is 3.31. The molecule has 118 valence electrons. The largest absolute Gasteiger partial charge is 0.444 e. The van der Waals surface area contributed by atoms with Gasteiger partial charge in [-0.15, -0.1) is 6.58 Å². The maximum atomic E-state index is 12.0. The Kier molecular flexibility index (Phi) is 4.54. The van der Waals surface area contributed by atoms with Gasteiger partial charge < -0.3 is 9.64 Å². The van der Waals surface area contributed by atoms with Crippen LogP contribution in [0.4, 0.5) is 16.2 Å². The lowest BCUT2D eigenvalue weighted by Crippen LogP contribution is -2.27. The van der Waals surface area contributed by atoms with Gasteiger partial charge in [0.1, 0.15) is 5.60 Å². The van der Waals surface area contributed by atoms with Gasteiger partial charge in [-0.25, -0.2) is 4.79 Å². The van der Waals surface area contributed by atoms with Crippen molar-refractivity contribution in [2.45, 2.75) is 32.8 Å². The molecule has 1 N–H and O–H groups in total. The number of ether oxygens (including phenoxy) is 1. The summed E-state index contributed by atoms with van der Waals surface area (Å²) in [6, 6.07) is 7.15. The topological polar surface area (TPSA) is 58.6 Å². The van der Waals surface area contributed by atoms with Gasteiger partial charge in [0.15, 0.2) is 0 Å². The molecule has 1 aliphatic rings. The van der Waals surface area contributed by atoms with E-state index in [9.17, 15) is 9.59 Å². The normalized spacial score (nSPS) is 18.2. The van der Waals surface area contributed by atoms with Crippen LogP contribution in [0.2, 0.25) is 0 Å². The lowest BCUT2D eigenvalue weighted by molar-refractivity contribution is -0.117. The Hall–Kier alpha value is -2.30. The van der Waals surface area contributed by atoms with E-state index in [1.165, 1.54) is 0 Å². The number of nitrogens with zero attached hydrogens (tertiary/aromatic N) is 1. The highest BCUT2D eigenvalue weighted by Crippen LogP contribution is 2.26. The van der Waals surface area contributed by atoms with E-state index in [1.807, 2.05) is 39.0 Å². The molecule has 1 aromatic carbocycles. The lowest BCUT2D eigenvalue weighted by Gasteiger charge is -2.20. The summed E-state index contributed by atoms with van der Waals surface area (Å²) in [6.45, 7) is 9.83. The molecule has 5 heteroatoms. The summed E-state index contributed by atoms with van der Waals surface area (Å²) in [6.07, 6.45) is 1.82. The molecule has 1 aliphatic heterocycles. The van der Waals surface area contributed by atoms with Gasteiger partial charge >= 0.3 is 6.09 Å². The average molecular weight is 302 g/mol. The summed E-state index contributed by atoms with van der Waals surface area (Å²) >= 11 is 0.